The van der Waals surface area contributed by atoms with E-state index in [1.54, 1.807) is 25.2 Å². The molecule has 1 fully saturated rings. The highest BCUT2D eigenvalue weighted by molar-refractivity contribution is 7.89. The first-order valence-electron chi connectivity index (χ1n) is 15.3. The van der Waals surface area contributed by atoms with E-state index < -0.39 is 21.6 Å². The predicted molar refractivity (Wildman–Crippen MR) is 173 cm³/mol. The van der Waals surface area contributed by atoms with Crippen molar-refractivity contribution < 1.29 is 22.7 Å². The molecule has 0 bridgehead atoms. The second-order valence-corrected chi connectivity index (χ2v) is 15.0. The van der Waals surface area contributed by atoms with Gasteiger partial charge in [0, 0.05) is 57.8 Å². The number of esters is 1. The van der Waals surface area contributed by atoms with E-state index >= 15 is 0 Å². The summed E-state index contributed by atoms with van der Waals surface area (Å²) < 4.78 is 40.1. The molecule has 2 aliphatic heterocycles. The number of nitrogens with two attached hydrogens (primary N) is 1. The van der Waals surface area contributed by atoms with Gasteiger partial charge in [-0.2, -0.15) is 4.31 Å². The largest absolute Gasteiger partial charge is 0.467 e. The molecule has 2 aliphatic rings. The average Bonchev–Trinajstić information content (AvgIpc) is 3.42. The van der Waals surface area contributed by atoms with Gasteiger partial charge in [-0.25, -0.2) is 23.4 Å². The van der Waals surface area contributed by atoms with Crippen LogP contribution in [0.25, 0.3) is 15.8 Å². The molecule has 0 amide bonds. The number of hydrogen-bond donors (Lipinski definition) is 1. The monoisotopic (exact) mass is 642 g/mol. The van der Waals surface area contributed by atoms with E-state index in [1.165, 1.54) is 9.87 Å². The zero-order chi connectivity index (χ0) is 31.3. The zero-order valence-corrected chi connectivity index (χ0v) is 27.3. The van der Waals surface area contributed by atoms with Crippen molar-refractivity contribution in [1.82, 2.24) is 19.3 Å². The molecule has 0 aliphatic carbocycles. The quantitative estimate of drug-likeness (QED) is 0.286. The summed E-state index contributed by atoms with van der Waals surface area (Å²) in [5, 5.41) is 0.672. The minimum Gasteiger partial charge on any atom is -0.467 e. The minimum absolute atomic E-state index is 0.0953. The molecule has 13 heteroatoms. The molecule has 1 aromatic carbocycles. The summed E-state index contributed by atoms with van der Waals surface area (Å²) in [5.41, 5.74) is 8.66. The third-order valence-corrected chi connectivity index (χ3v) is 10.8. The van der Waals surface area contributed by atoms with Gasteiger partial charge < -0.3 is 20.1 Å². The molecule has 3 aromatic rings. The van der Waals surface area contributed by atoms with Crippen LogP contribution in [0, 0.1) is 0 Å². The van der Waals surface area contributed by atoms with E-state index in [0.717, 1.165) is 66.1 Å². The summed E-state index contributed by atoms with van der Waals surface area (Å²) in [6.45, 7) is 7.70. The van der Waals surface area contributed by atoms with Crippen molar-refractivity contribution in [2.24, 2.45) is 5.73 Å². The number of ether oxygens (including phenoxy) is 2. The molecule has 2 aromatic heterocycles. The fraction of sp³-hybridized carbons (Fsp3) is 0.548. The number of sulfonamides is 1. The standard InChI is InChI=1S/C31H42N6O5S2/c1-4-5-22-20-33-29(34-21-22)36-13-10-25(11-14-36)41-30-35-26-7-6-24(18-27(26)43-30)23-8-15-37(16-9-23)44(39,40)17-12-31(2,3)42-28(38)19-32/h6-8,18,20-21,25H,4-5,9-17,19,32H2,1-3H3. The first-order valence-corrected chi connectivity index (χ1v) is 17.7. The SMILES string of the molecule is CCCc1cnc(N2CCC(Oc3nc4ccc(C5=CCN(S(=O)(=O)CCC(C)(C)OC(=O)CN)CC5)cc4s3)CC2)nc1. The van der Waals surface area contributed by atoms with Gasteiger partial charge in [0.2, 0.25) is 16.0 Å². The molecular weight excluding hydrogens is 601 g/mol. The molecule has 238 valence electrons. The molecule has 11 nitrogen and oxygen atoms in total. The molecule has 1 saturated heterocycles. The smallest absolute Gasteiger partial charge is 0.320 e. The molecule has 5 rings (SSSR count). The van der Waals surface area contributed by atoms with Crippen molar-refractivity contribution in [3.8, 4) is 5.19 Å². The second kappa shape index (κ2) is 13.9. The van der Waals surface area contributed by atoms with Crippen LogP contribution in [0.1, 0.15) is 64.0 Å². The van der Waals surface area contributed by atoms with Gasteiger partial charge in [-0.05, 0) is 55.5 Å². The third kappa shape index (κ3) is 8.12. The number of fused-ring (bicyclic) bond motifs is 1. The maximum absolute atomic E-state index is 13.0. The van der Waals surface area contributed by atoms with Crippen LogP contribution in [-0.2, 0) is 26.0 Å². The van der Waals surface area contributed by atoms with Crippen molar-refractivity contribution >= 4 is 49.1 Å². The topological polar surface area (TPSA) is 141 Å². The van der Waals surface area contributed by atoms with Crippen LogP contribution in [0.15, 0.2) is 36.7 Å². The van der Waals surface area contributed by atoms with Crippen molar-refractivity contribution in [3.63, 3.8) is 0 Å². The lowest BCUT2D eigenvalue weighted by atomic mass is 10.0. The second-order valence-electron chi connectivity index (χ2n) is 11.9. The average molecular weight is 643 g/mol. The fourth-order valence-electron chi connectivity index (χ4n) is 5.47. The van der Waals surface area contributed by atoms with Gasteiger partial charge >= 0.3 is 5.97 Å². The maximum Gasteiger partial charge on any atom is 0.320 e. The summed E-state index contributed by atoms with van der Waals surface area (Å²) in [4.78, 5) is 27.6. The third-order valence-electron chi connectivity index (χ3n) is 8.05. The van der Waals surface area contributed by atoms with E-state index in [1.807, 2.05) is 30.6 Å². The van der Waals surface area contributed by atoms with Crippen LogP contribution in [0.3, 0.4) is 0 Å². The highest BCUT2D eigenvalue weighted by atomic mass is 32.2. The number of hydrogen-bond acceptors (Lipinski definition) is 11. The molecule has 0 saturated carbocycles. The molecular formula is C31H42N6O5S2. The molecule has 0 spiro atoms. The number of nitrogens with zero attached hydrogens (tertiary/aromatic N) is 5. The first-order chi connectivity index (χ1) is 21.0. The number of piperidine rings is 1. The van der Waals surface area contributed by atoms with Gasteiger partial charge in [-0.15, -0.1) is 0 Å². The number of thiazole rings is 1. The highest BCUT2D eigenvalue weighted by Crippen LogP contribution is 2.34. The molecule has 0 atom stereocenters. The van der Waals surface area contributed by atoms with Crippen LogP contribution in [0.2, 0.25) is 0 Å². The molecule has 0 radical (unpaired) electrons. The van der Waals surface area contributed by atoms with Crippen molar-refractivity contribution in [1.29, 1.82) is 0 Å². The van der Waals surface area contributed by atoms with Gasteiger partial charge in [0.1, 0.15) is 11.7 Å². The normalized spacial score (nSPS) is 17.1. The van der Waals surface area contributed by atoms with Crippen LogP contribution in [0.4, 0.5) is 5.95 Å². The number of benzene rings is 1. The summed E-state index contributed by atoms with van der Waals surface area (Å²) >= 11 is 1.54. The lowest BCUT2D eigenvalue weighted by molar-refractivity contribution is -0.154. The molecule has 44 heavy (non-hydrogen) atoms. The fourth-order valence-corrected chi connectivity index (χ4v) is 8.07. The van der Waals surface area contributed by atoms with Crippen LogP contribution in [-0.4, -0.2) is 83.8 Å². The highest BCUT2D eigenvalue weighted by Gasteiger charge is 2.30. The van der Waals surface area contributed by atoms with E-state index in [9.17, 15) is 13.2 Å². The molecule has 0 unspecified atom stereocenters. The van der Waals surface area contributed by atoms with Gasteiger partial charge in [0.05, 0.1) is 22.5 Å². The summed E-state index contributed by atoms with van der Waals surface area (Å²) in [5.74, 6) is 0.133. The zero-order valence-electron chi connectivity index (χ0n) is 25.7. The van der Waals surface area contributed by atoms with Crippen LogP contribution >= 0.6 is 11.3 Å². The summed E-state index contributed by atoms with van der Waals surface area (Å²) in [6.07, 6.45) is 10.6. The Morgan fingerprint density at radius 1 is 1.16 bits per heavy atom. The molecule has 2 N–H and O–H groups in total. The maximum atomic E-state index is 13.0. The number of rotatable bonds is 12. The lowest BCUT2D eigenvalue weighted by Crippen LogP contribution is -2.39. The van der Waals surface area contributed by atoms with Crippen molar-refractivity contribution in [2.75, 3.05) is 43.4 Å². The van der Waals surface area contributed by atoms with Crippen molar-refractivity contribution in [2.45, 2.75) is 71.0 Å². The Labute approximate surface area is 263 Å². The molecule has 4 heterocycles. The lowest BCUT2D eigenvalue weighted by Gasteiger charge is -2.31. The Balaban J connectivity index is 1.14. The predicted octanol–water partition coefficient (Wildman–Crippen LogP) is 4.18. The Hall–Kier alpha value is -3.13. The number of aryl methyl sites for hydroxylation is 1. The minimum atomic E-state index is -3.50. The van der Waals surface area contributed by atoms with E-state index in [0.29, 0.717) is 24.7 Å². The van der Waals surface area contributed by atoms with E-state index in [2.05, 4.69) is 27.9 Å². The van der Waals surface area contributed by atoms with Gasteiger partial charge in [0.25, 0.3) is 5.19 Å². The van der Waals surface area contributed by atoms with E-state index in [-0.39, 0.29) is 24.8 Å². The van der Waals surface area contributed by atoms with Crippen LogP contribution in [0.5, 0.6) is 5.19 Å². The number of carbonyl (C=O) groups excluding carboxylic acids is 1. The van der Waals surface area contributed by atoms with Crippen LogP contribution < -0.4 is 15.4 Å². The Morgan fingerprint density at radius 3 is 2.57 bits per heavy atom. The number of aromatic nitrogens is 3. The van der Waals surface area contributed by atoms with E-state index in [4.69, 9.17) is 20.2 Å². The van der Waals surface area contributed by atoms with Crippen molar-refractivity contribution in [3.05, 3.63) is 47.8 Å². The summed E-state index contributed by atoms with van der Waals surface area (Å²) in [6, 6.07) is 6.16. The van der Waals surface area contributed by atoms with Gasteiger partial charge in [-0.3, -0.25) is 4.79 Å². The number of anilines is 1. The summed E-state index contributed by atoms with van der Waals surface area (Å²) in [7, 11) is -3.50. The first kappa shape index (κ1) is 32.3. The van der Waals surface area contributed by atoms with Gasteiger partial charge in [-0.1, -0.05) is 36.8 Å². The Bertz CT molecular complexity index is 1580. The number of carbonyl (C=O) groups is 1. The Kier molecular flexibility index (Phi) is 10.2. The van der Waals surface area contributed by atoms with Gasteiger partial charge in [0.15, 0.2) is 0 Å². The Morgan fingerprint density at radius 2 is 1.91 bits per heavy atom.